The first-order valence-corrected chi connectivity index (χ1v) is 10.2. The summed E-state index contributed by atoms with van der Waals surface area (Å²) in [5.74, 6) is -0.299. The first-order chi connectivity index (χ1) is 11.7. The number of carbonyl (C=O) groups excluding carboxylic acids is 1. The van der Waals surface area contributed by atoms with Crippen molar-refractivity contribution >= 4 is 50.5 Å². The number of fused-ring (bicyclic) bond motifs is 1. The van der Waals surface area contributed by atoms with Crippen LogP contribution in [0.25, 0.3) is 0 Å². The molecular formula is C17H16Cl2N2O3S. The fourth-order valence-corrected chi connectivity index (χ4v) is 4.59. The van der Waals surface area contributed by atoms with Crippen LogP contribution in [0.4, 0.5) is 11.4 Å². The van der Waals surface area contributed by atoms with Gasteiger partial charge in [-0.05, 0) is 55.3 Å². The number of nitrogens with zero attached hydrogens (tertiary/aromatic N) is 1. The molecule has 1 aliphatic heterocycles. The Morgan fingerprint density at radius 3 is 2.52 bits per heavy atom. The summed E-state index contributed by atoms with van der Waals surface area (Å²) < 4.78 is 25.3. The van der Waals surface area contributed by atoms with Crippen molar-refractivity contribution in [2.24, 2.45) is 0 Å². The molecule has 5 nitrogen and oxygen atoms in total. The van der Waals surface area contributed by atoms with Gasteiger partial charge in [0, 0.05) is 17.3 Å². The molecule has 0 aliphatic carbocycles. The van der Waals surface area contributed by atoms with Gasteiger partial charge in [0.1, 0.15) is 0 Å². The molecule has 1 aliphatic rings. The summed E-state index contributed by atoms with van der Waals surface area (Å²) in [6.07, 6.45) is 1.75. The van der Waals surface area contributed by atoms with E-state index in [0.29, 0.717) is 33.4 Å². The summed E-state index contributed by atoms with van der Waals surface area (Å²) in [5.41, 5.74) is 2.44. The first kappa shape index (κ1) is 18.0. The van der Waals surface area contributed by atoms with E-state index in [1.54, 1.807) is 36.4 Å². The fraction of sp³-hybridized carbons (Fsp3) is 0.235. The molecule has 0 aromatic heterocycles. The van der Waals surface area contributed by atoms with Gasteiger partial charge in [-0.2, -0.15) is 0 Å². The van der Waals surface area contributed by atoms with Gasteiger partial charge in [-0.15, -0.1) is 0 Å². The summed E-state index contributed by atoms with van der Waals surface area (Å²) in [6, 6.07) is 9.68. The van der Waals surface area contributed by atoms with Gasteiger partial charge in [0.05, 0.1) is 22.0 Å². The van der Waals surface area contributed by atoms with Gasteiger partial charge in [0.2, 0.25) is 10.0 Å². The number of anilines is 2. The molecule has 0 spiro atoms. The van der Waals surface area contributed by atoms with Crippen LogP contribution in [0.3, 0.4) is 0 Å². The van der Waals surface area contributed by atoms with Gasteiger partial charge in [0.15, 0.2) is 0 Å². The maximum absolute atomic E-state index is 12.5. The van der Waals surface area contributed by atoms with E-state index in [4.69, 9.17) is 23.2 Å². The van der Waals surface area contributed by atoms with Crippen LogP contribution in [0.5, 0.6) is 0 Å². The van der Waals surface area contributed by atoms with Gasteiger partial charge in [-0.3, -0.25) is 9.10 Å². The second-order valence-electron chi connectivity index (χ2n) is 6.04. The number of rotatable bonds is 3. The lowest BCUT2D eigenvalue weighted by molar-refractivity contribution is 0.102. The molecule has 0 saturated carbocycles. The number of benzene rings is 2. The zero-order valence-electron chi connectivity index (χ0n) is 13.6. The second kappa shape index (κ2) is 6.52. The molecule has 2 aromatic rings. The van der Waals surface area contributed by atoms with Crippen molar-refractivity contribution in [3.8, 4) is 0 Å². The van der Waals surface area contributed by atoms with Crippen molar-refractivity contribution in [1.29, 1.82) is 0 Å². The second-order valence-corrected chi connectivity index (χ2v) is 8.71. The van der Waals surface area contributed by atoms with Gasteiger partial charge in [-0.25, -0.2) is 8.42 Å². The third-order valence-corrected chi connectivity index (χ3v) is 6.04. The number of sulfonamides is 1. The first-order valence-electron chi connectivity index (χ1n) is 7.55. The van der Waals surface area contributed by atoms with E-state index >= 15 is 0 Å². The van der Waals surface area contributed by atoms with Crippen molar-refractivity contribution < 1.29 is 13.2 Å². The number of hydrogen-bond acceptors (Lipinski definition) is 3. The molecule has 3 rings (SSSR count). The standard InChI is InChI=1S/C17H16Cl2N2O3S/c1-10-7-12-8-11(3-6-16(12)21(10)25(2,23)24)17(22)20-13-4-5-14(18)15(19)9-13/h3-6,8-10H,7H2,1-2H3,(H,20,22)/t10-/m1/s1. The van der Waals surface area contributed by atoms with Crippen LogP contribution in [0, 0.1) is 0 Å². The predicted octanol–water partition coefficient (Wildman–Crippen LogP) is 3.96. The summed E-state index contributed by atoms with van der Waals surface area (Å²) in [4.78, 5) is 12.5. The maximum atomic E-state index is 12.5. The summed E-state index contributed by atoms with van der Waals surface area (Å²) in [7, 11) is -3.35. The minimum atomic E-state index is -3.35. The van der Waals surface area contributed by atoms with E-state index in [9.17, 15) is 13.2 Å². The molecule has 132 valence electrons. The van der Waals surface area contributed by atoms with Crippen LogP contribution in [-0.2, 0) is 16.4 Å². The number of hydrogen-bond donors (Lipinski definition) is 1. The molecule has 0 saturated heterocycles. The van der Waals surface area contributed by atoms with Crippen LogP contribution in [-0.4, -0.2) is 26.6 Å². The van der Waals surface area contributed by atoms with E-state index < -0.39 is 10.0 Å². The highest BCUT2D eigenvalue weighted by atomic mass is 35.5. The van der Waals surface area contributed by atoms with E-state index in [0.717, 1.165) is 5.56 Å². The van der Waals surface area contributed by atoms with E-state index in [1.165, 1.54) is 10.6 Å². The maximum Gasteiger partial charge on any atom is 0.255 e. The van der Waals surface area contributed by atoms with Crippen LogP contribution in [0.2, 0.25) is 10.0 Å². The van der Waals surface area contributed by atoms with E-state index in [2.05, 4.69) is 5.32 Å². The van der Waals surface area contributed by atoms with E-state index in [-0.39, 0.29) is 11.9 Å². The fourth-order valence-electron chi connectivity index (χ4n) is 3.03. The summed E-state index contributed by atoms with van der Waals surface area (Å²) in [6.45, 7) is 1.84. The third kappa shape index (κ3) is 3.61. The number of nitrogens with one attached hydrogen (secondary N) is 1. The molecule has 0 fully saturated rings. The number of halogens is 2. The van der Waals surface area contributed by atoms with Gasteiger partial charge < -0.3 is 5.32 Å². The Hall–Kier alpha value is -1.76. The molecule has 0 unspecified atom stereocenters. The lowest BCUT2D eigenvalue weighted by Gasteiger charge is -2.21. The Kier molecular flexibility index (Phi) is 4.70. The third-order valence-electron chi connectivity index (χ3n) is 4.03. The average Bonchev–Trinajstić information content (AvgIpc) is 2.85. The normalized spacial score (nSPS) is 16.6. The van der Waals surface area contributed by atoms with Gasteiger partial charge in [-0.1, -0.05) is 23.2 Å². The summed E-state index contributed by atoms with van der Waals surface area (Å²) >= 11 is 11.8. The van der Waals surface area contributed by atoms with Crippen LogP contribution < -0.4 is 9.62 Å². The lowest BCUT2D eigenvalue weighted by Crippen LogP contribution is -2.34. The molecule has 25 heavy (non-hydrogen) atoms. The number of carbonyl (C=O) groups is 1. The SMILES string of the molecule is C[C@@H]1Cc2cc(C(=O)Nc3ccc(Cl)c(Cl)c3)ccc2N1S(C)(=O)=O. The molecule has 1 N–H and O–H groups in total. The Labute approximate surface area is 156 Å². The van der Waals surface area contributed by atoms with Crippen LogP contribution >= 0.6 is 23.2 Å². The van der Waals surface area contributed by atoms with Crippen molar-refractivity contribution in [3.63, 3.8) is 0 Å². The highest BCUT2D eigenvalue weighted by molar-refractivity contribution is 7.92. The predicted molar refractivity (Wildman–Crippen MR) is 101 cm³/mol. The van der Waals surface area contributed by atoms with Crippen LogP contribution in [0.1, 0.15) is 22.8 Å². The summed E-state index contributed by atoms with van der Waals surface area (Å²) in [5, 5.41) is 3.52. The largest absolute Gasteiger partial charge is 0.322 e. The molecule has 8 heteroatoms. The molecule has 2 aromatic carbocycles. The molecule has 1 amide bonds. The molecule has 0 radical (unpaired) electrons. The van der Waals surface area contributed by atoms with Crippen molar-refractivity contribution in [2.75, 3.05) is 15.9 Å². The monoisotopic (exact) mass is 398 g/mol. The Balaban J connectivity index is 1.86. The van der Waals surface area contributed by atoms with E-state index in [1.807, 2.05) is 6.92 Å². The zero-order valence-corrected chi connectivity index (χ0v) is 15.9. The average molecular weight is 399 g/mol. The smallest absolute Gasteiger partial charge is 0.255 e. The van der Waals surface area contributed by atoms with Crippen molar-refractivity contribution in [3.05, 3.63) is 57.6 Å². The van der Waals surface area contributed by atoms with Gasteiger partial charge in [0.25, 0.3) is 5.91 Å². The van der Waals surface area contributed by atoms with Crippen molar-refractivity contribution in [1.82, 2.24) is 0 Å². The Morgan fingerprint density at radius 2 is 1.88 bits per heavy atom. The number of amides is 1. The molecule has 0 bridgehead atoms. The Morgan fingerprint density at radius 1 is 1.16 bits per heavy atom. The molecular weight excluding hydrogens is 383 g/mol. The zero-order chi connectivity index (χ0) is 18.4. The minimum absolute atomic E-state index is 0.168. The molecule has 1 heterocycles. The minimum Gasteiger partial charge on any atom is -0.322 e. The molecule has 1 atom stereocenters. The van der Waals surface area contributed by atoms with Gasteiger partial charge >= 0.3 is 0 Å². The highest BCUT2D eigenvalue weighted by Crippen LogP contribution is 2.35. The Bertz CT molecular complexity index is 960. The van der Waals surface area contributed by atoms with Crippen molar-refractivity contribution in [2.45, 2.75) is 19.4 Å². The quantitative estimate of drug-likeness (QED) is 0.850. The van der Waals surface area contributed by atoms with Crippen LogP contribution in [0.15, 0.2) is 36.4 Å². The topological polar surface area (TPSA) is 66.5 Å². The lowest BCUT2D eigenvalue weighted by atomic mass is 10.1. The highest BCUT2D eigenvalue weighted by Gasteiger charge is 2.32.